The van der Waals surface area contributed by atoms with E-state index in [1.54, 1.807) is 0 Å². The molecule has 0 heterocycles. The van der Waals surface area contributed by atoms with Crippen LogP contribution in [-0.2, 0) is 11.2 Å². The van der Waals surface area contributed by atoms with Gasteiger partial charge in [-0.05, 0) is 30.4 Å². The van der Waals surface area contributed by atoms with E-state index in [2.05, 4.69) is 29.6 Å². The molecule has 1 N–H and O–H groups in total. The van der Waals surface area contributed by atoms with Crippen molar-refractivity contribution < 1.29 is 4.79 Å². The van der Waals surface area contributed by atoms with Crippen LogP contribution in [0.25, 0.3) is 0 Å². The Bertz CT molecular complexity index is 575. The number of carbonyl (C=O) groups excluding carboxylic acids is 1. The summed E-state index contributed by atoms with van der Waals surface area (Å²) < 4.78 is 0. The van der Waals surface area contributed by atoms with Crippen molar-refractivity contribution in [1.29, 1.82) is 0 Å². The highest BCUT2D eigenvalue weighted by molar-refractivity contribution is 5.79. The number of nitrogens with one attached hydrogen (secondary N) is 1. The second kappa shape index (κ2) is 6.57. The molecule has 0 saturated heterocycles. The lowest BCUT2D eigenvalue weighted by atomic mass is 9.84. The first kappa shape index (κ1) is 13.9. The van der Waals surface area contributed by atoms with Gasteiger partial charge in [0.15, 0.2) is 0 Å². The third-order valence-corrected chi connectivity index (χ3v) is 4.28. The summed E-state index contributed by atoms with van der Waals surface area (Å²) in [4.78, 5) is 12.3. The predicted molar refractivity (Wildman–Crippen MR) is 84.8 cm³/mol. The molecule has 108 valence electrons. The molecular formula is C19H21NO. The van der Waals surface area contributed by atoms with Crippen LogP contribution in [0.3, 0.4) is 0 Å². The van der Waals surface area contributed by atoms with E-state index in [1.807, 2.05) is 36.4 Å². The zero-order chi connectivity index (χ0) is 14.5. The van der Waals surface area contributed by atoms with Crippen molar-refractivity contribution in [3.05, 3.63) is 71.8 Å². The van der Waals surface area contributed by atoms with Crippen LogP contribution in [0, 0.1) is 5.92 Å². The number of benzene rings is 2. The Morgan fingerprint density at radius 2 is 1.62 bits per heavy atom. The smallest absolute Gasteiger partial charge is 0.223 e. The Hall–Kier alpha value is -2.09. The summed E-state index contributed by atoms with van der Waals surface area (Å²) in [7, 11) is 0. The lowest BCUT2D eigenvalue weighted by molar-refractivity contribution is -0.128. The molecule has 2 heteroatoms. The van der Waals surface area contributed by atoms with Gasteiger partial charge in [0.2, 0.25) is 5.91 Å². The van der Waals surface area contributed by atoms with Gasteiger partial charge in [0.1, 0.15) is 0 Å². The highest BCUT2D eigenvalue weighted by Gasteiger charge is 2.27. The standard InChI is InChI=1S/C19H21NO/c21-19(17-12-7-13-17)20-18(16-10-5-2-6-11-16)14-15-8-3-1-4-9-15/h1-6,8-11,17-18H,7,12-14H2,(H,20,21). The van der Waals surface area contributed by atoms with Gasteiger partial charge >= 0.3 is 0 Å². The van der Waals surface area contributed by atoms with Gasteiger partial charge in [-0.15, -0.1) is 0 Å². The first-order valence-electron chi connectivity index (χ1n) is 7.72. The molecule has 0 spiro atoms. The first-order chi connectivity index (χ1) is 10.3. The molecule has 1 amide bonds. The molecule has 0 bridgehead atoms. The van der Waals surface area contributed by atoms with Gasteiger partial charge < -0.3 is 5.32 Å². The average molecular weight is 279 g/mol. The van der Waals surface area contributed by atoms with E-state index in [4.69, 9.17) is 0 Å². The molecule has 21 heavy (non-hydrogen) atoms. The van der Waals surface area contributed by atoms with Crippen LogP contribution >= 0.6 is 0 Å². The highest BCUT2D eigenvalue weighted by Crippen LogP contribution is 2.28. The zero-order valence-electron chi connectivity index (χ0n) is 12.2. The van der Waals surface area contributed by atoms with Crippen LogP contribution in [0.15, 0.2) is 60.7 Å². The van der Waals surface area contributed by atoms with Gasteiger partial charge in [0.25, 0.3) is 0 Å². The maximum absolute atomic E-state index is 12.3. The van der Waals surface area contributed by atoms with Crippen molar-refractivity contribution in [2.75, 3.05) is 0 Å². The van der Waals surface area contributed by atoms with Gasteiger partial charge in [-0.3, -0.25) is 4.79 Å². The molecule has 3 rings (SSSR count). The van der Waals surface area contributed by atoms with E-state index < -0.39 is 0 Å². The summed E-state index contributed by atoms with van der Waals surface area (Å²) in [6.07, 6.45) is 4.10. The molecule has 1 fully saturated rings. The number of rotatable bonds is 5. The summed E-state index contributed by atoms with van der Waals surface area (Å²) in [6.45, 7) is 0. The third kappa shape index (κ3) is 3.52. The molecule has 1 atom stereocenters. The van der Waals surface area contributed by atoms with E-state index in [1.165, 1.54) is 17.5 Å². The second-order valence-corrected chi connectivity index (χ2v) is 5.79. The predicted octanol–water partition coefficient (Wildman–Crippen LogP) is 3.89. The Balaban J connectivity index is 1.75. The lowest BCUT2D eigenvalue weighted by Gasteiger charge is -2.28. The quantitative estimate of drug-likeness (QED) is 0.884. The summed E-state index contributed by atoms with van der Waals surface area (Å²) in [6, 6.07) is 20.7. The van der Waals surface area contributed by atoms with Crippen LogP contribution in [0.5, 0.6) is 0 Å². The largest absolute Gasteiger partial charge is 0.349 e. The molecule has 0 aliphatic heterocycles. The normalized spacial score (nSPS) is 16.0. The van der Waals surface area contributed by atoms with Crippen LogP contribution < -0.4 is 5.32 Å². The number of hydrogen-bond donors (Lipinski definition) is 1. The van der Waals surface area contributed by atoms with Crippen LogP contribution in [0.1, 0.15) is 36.4 Å². The minimum absolute atomic E-state index is 0.0571. The van der Waals surface area contributed by atoms with Gasteiger partial charge in [-0.2, -0.15) is 0 Å². The third-order valence-electron chi connectivity index (χ3n) is 4.28. The Morgan fingerprint density at radius 1 is 1.00 bits per heavy atom. The van der Waals surface area contributed by atoms with Crippen molar-refractivity contribution in [1.82, 2.24) is 5.32 Å². The first-order valence-corrected chi connectivity index (χ1v) is 7.72. The molecular weight excluding hydrogens is 258 g/mol. The summed E-state index contributed by atoms with van der Waals surface area (Å²) >= 11 is 0. The molecule has 2 aromatic rings. The van der Waals surface area contributed by atoms with Gasteiger partial charge in [0, 0.05) is 5.92 Å². The molecule has 0 radical (unpaired) electrons. The van der Waals surface area contributed by atoms with Gasteiger partial charge in [-0.25, -0.2) is 0 Å². The number of carbonyl (C=O) groups is 1. The van der Waals surface area contributed by atoms with Crippen molar-refractivity contribution in [3.8, 4) is 0 Å². The van der Waals surface area contributed by atoms with E-state index in [0.29, 0.717) is 0 Å². The molecule has 1 aliphatic rings. The van der Waals surface area contributed by atoms with E-state index in [9.17, 15) is 4.79 Å². The second-order valence-electron chi connectivity index (χ2n) is 5.79. The molecule has 1 saturated carbocycles. The van der Waals surface area contributed by atoms with Crippen LogP contribution in [-0.4, -0.2) is 5.91 Å². The van der Waals surface area contributed by atoms with Crippen molar-refractivity contribution in [2.24, 2.45) is 5.92 Å². The highest BCUT2D eigenvalue weighted by atomic mass is 16.2. The van der Waals surface area contributed by atoms with Crippen molar-refractivity contribution in [3.63, 3.8) is 0 Å². The fourth-order valence-electron chi connectivity index (χ4n) is 2.75. The Labute approximate surface area is 126 Å². The minimum Gasteiger partial charge on any atom is -0.349 e. The monoisotopic (exact) mass is 279 g/mol. The molecule has 2 aromatic carbocycles. The van der Waals surface area contributed by atoms with Crippen molar-refractivity contribution in [2.45, 2.75) is 31.7 Å². The molecule has 2 nitrogen and oxygen atoms in total. The van der Waals surface area contributed by atoms with Crippen molar-refractivity contribution >= 4 is 5.91 Å². The van der Waals surface area contributed by atoms with E-state index >= 15 is 0 Å². The lowest BCUT2D eigenvalue weighted by Crippen LogP contribution is -2.37. The maximum Gasteiger partial charge on any atom is 0.223 e. The fraction of sp³-hybridized carbons (Fsp3) is 0.316. The minimum atomic E-state index is 0.0571. The number of hydrogen-bond acceptors (Lipinski definition) is 1. The molecule has 0 aromatic heterocycles. The van der Waals surface area contributed by atoms with Crippen LogP contribution in [0.2, 0.25) is 0 Å². The Morgan fingerprint density at radius 3 is 2.19 bits per heavy atom. The topological polar surface area (TPSA) is 29.1 Å². The maximum atomic E-state index is 12.3. The molecule has 1 aliphatic carbocycles. The zero-order valence-corrected chi connectivity index (χ0v) is 12.2. The molecule has 1 unspecified atom stereocenters. The summed E-state index contributed by atoms with van der Waals surface area (Å²) in [5.41, 5.74) is 2.43. The van der Waals surface area contributed by atoms with E-state index in [0.717, 1.165) is 19.3 Å². The number of amides is 1. The van der Waals surface area contributed by atoms with Crippen LogP contribution in [0.4, 0.5) is 0 Å². The SMILES string of the molecule is O=C(NC(Cc1ccccc1)c1ccccc1)C1CCC1. The fourth-order valence-corrected chi connectivity index (χ4v) is 2.75. The van der Waals surface area contributed by atoms with Gasteiger partial charge in [-0.1, -0.05) is 67.1 Å². The summed E-state index contributed by atoms with van der Waals surface area (Å²) in [5, 5.41) is 3.24. The van der Waals surface area contributed by atoms with E-state index in [-0.39, 0.29) is 17.9 Å². The summed E-state index contributed by atoms with van der Waals surface area (Å²) in [5.74, 6) is 0.443. The van der Waals surface area contributed by atoms with Gasteiger partial charge in [0.05, 0.1) is 6.04 Å². The Kier molecular flexibility index (Phi) is 4.34. The average Bonchev–Trinajstić information content (AvgIpc) is 2.47.